The molecule has 0 fully saturated rings. The average Bonchev–Trinajstić information content (AvgIpc) is 1.54. The minimum Gasteiger partial charge on any atom is -0.382 e. The van der Waals surface area contributed by atoms with E-state index < -0.39 is 21.7 Å². The van der Waals surface area contributed by atoms with E-state index in [9.17, 15) is 0 Å². The monoisotopic (exact) mass is 2030 g/mol. The molecule has 0 aliphatic carbocycles. The second-order valence-corrected chi connectivity index (χ2v) is 51.2. The normalized spacial score (nSPS) is 18.0. The third-order valence-corrected chi connectivity index (χ3v) is 45.0. The predicted molar refractivity (Wildman–Crippen MR) is 533 cm³/mol. The van der Waals surface area contributed by atoms with Crippen LogP contribution in [0.3, 0.4) is 0 Å². The number of ether oxygens (including phenoxy) is 18. The maximum absolute atomic E-state index is 6.15. The highest BCUT2D eigenvalue weighted by Crippen LogP contribution is 2.72. The second kappa shape index (κ2) is 55.9. The summed E-state index contributed by atoms with van der Waals surface area (Å²) >= 11 is 33.9. The van der Waals surface area contributed by atoms with E-state index in [4.69, 9.17) is 98.4 Å². The standard InChI is InChI=1S/C82H122N4O18S18/c1-53-79(3,4)61-55-57(113-73(111-55)76-117-67(105-47-41-99-35-29-93-23-17-87-11)68(118-76)106-48-42-100-36-30-94-24-18-88-12)63(84-61)81(7,8)65-59-60(116-75(115-59)78-121-71(109-51-45-103-39-33-97-27-21-91-15)72(122-78)110-52-46-104-40-34-98-28-22-92-16)66(86-65)82(9,10)64-58-56(62(85-64)80(5,6)54(2)83-53)112-74(114-58)77-119-69(107-49-43-101-37-31-95-25-19-89-13)70(120-77)108-50-44-102-38-32-96-26-20-90-14/h83-86H,1-2,17-52H2,3-16H3. The molecule has 0 spiro atoms. The molecule has 122 heavy (non-hydrogen) atoms. The van der Waals surface area contributed by atoms with E-state index >= 15 is 0 Å². The molecule has 3 aromatic rings. The van der Waals surface area contributed by atoms with Crippen LogP contribution in [0.4, 0.5) is 0 Å². The molecule has 7 aliphatic heterocycles. The summed E-state index contributed by atoms with van der Waals surface area (Å²) in [6.07, 6.45) is 0. The zero-order chi connectivity index (χ0) is 86.8. The van der Waals surface area contributed by atoms with Gasteiger partial charge in [-0.2, -0.15) is 0 Å². The molecule has 3 aromatic heterocycles. The van der Waals surface area contributed by atoms with E-state index in [1.165, 1.54) is 91.6 Å². The summed E-state index contributed by atoms with van der Waals surface area (Å²) in [6.45, 7) is 45.5. The molecule has 0 saturated carbocycles. The molecule has 4 N–H and O–H groups in total. The number of aromatic nitrogens is 3. The van der Waals surface area contributed by atoms with Gasteiger partial charge in [0.15, 0.2) is 0 Å². The maximum Gasteiger partial charge on any atom is 0.0717 e. The summed E-state index contributed by atoms with van der Waals surface area (Å²) in [7, 11) is 10.1. The molecule has 0 radical (unpaired) electrons. The van der Waals surface area contributed by atoms with Crippen LogP contribution in [0.1, 0.15) is 89.6 Å². The zero-order valence-electron chi connectivity index (χ0n) is 72.6. The molecule has 10 heterocycles. The summed E-state index contributed by atoms with van der Waals surface area (Å²) in [5, 5.41) is 3.95. The third-order valence-electron chi connectivity index (χ3n) is 19.2. The van der Waals surface area contributed by atoms with Gasteiger partial charge in [-0.1, -0.05) is 154 Å². The van der Waals surface area contributed by atoms with Crippen molar-refractivity contribution in [2.75, 3.05) is 275 Å². The van der Waals surface area contributed by atoms with Crippen LogP contribution in [-0.4, -0.2) is 290 Å². The number of rotatable bonds is 60. The second-order valence-electron chi connectivity index (χ2n) is 29.3. The van der Waals surface area contributed by atoms with E-state index in [0.717, 1.165) is 68.7 Å². The number of fused-ring (bicyclic) bond motifs is 15. The fourth-order valence-corrected chi connectivity index (χ4v) is 39.1. The minimum atomic E-state index is -0.644. The summed E-state index contributed by atoms with van der Waals surface area (Å²) in [5.74, 6) is 4.83. The lowest BCUT2D eigenvalue weighted by Crippen LogP contribution is -2.36. The van der Waals surface area contributed by atoms with E-state index in [-0.39, 0.29) is 0 Å². The molecule has 10 rings (SSSR count). The highest BCUT2D eigenvalue weighted by molar-refractivity contribution is 8.44. The van der Waals surface area contributed by atoms with Crippen LogP contribution in [0.5, 0.6) is 0 Å². The number of allylic oxidation sites excluding steroid dienone is 2. The number of methoxy groups -OCH3 is 6. The Balaban J connectivity index is 1.01. The van der Waals surface area contributed by atoms with Crippen LogP contribution in [0.15, 0.2) is 105 Å². The van der Waals surface area contributed by atoms with Gasteiger partial charge in [-0.05, 0) is 55.4 Å². The van der Waals surface area contributed by atoms with Gasteiger partial charge in [0.1, 0.15) is 0 Å². The third kappa shape index (κ3) is 30.6. The van der Waals surface area contributed by atoms with E-state index in [1.54, 1.807) is 42.7 Å². The zero-order valence-corrected chi connectivity index (χ0v) is 87.3. The van der Waals surface area contributed by atoms with Crippen molar-refractivity contribution in [3.63, 3.8) is 0 Å². The summed E-state index contributed by atoms with van der Waals surface area (Å²) < 4.78 is 118. The summed E-state index contributed by atoms with van der Waals surface area (Å²) in [4.78, 5) is 20.4. The Bertz CT molecular complexity index is 3720. The molecule has 6 bridgehead atoms. The molecule has 0 aromatic carbocycles. The van der Waals surface area contributed by atoms with Gasteiger partial charge in [0.05, 0.1) is 249 Å². The van der Waals surface area contributed by atoms with Crippen molar-refractivity contribution < 1.29 is 85.3 Å². The molecular formula is C82H122N4O18S18. The number of aromatic amines is 3. The van der Waals surface area contributed by atoms with Gasteiger partial charge in [0, 0.05) is 174 Å². The highest BCUT2D eigenvalue weighted by Gasteiger charge is 2.50. The Hall–Kier alpha value is 1.14. The highest BCUT2D eigenvalue weighted by atomic mass is 32.3. The molecule has 686 valence electrons. The lowest BCUT2D eigenvalue weighted by Gasteiger charge is -2.35. The molecule has 0 saturated heterocycles. The number of thioether (sulfide) groups is 18. The largest absolute Gasteiger partial charge is 0.382 e. The van der Waals surface area contributed by atoms with E-state index in [0.29, 0.717) is 198 Å². The lowest BCUT2D eigenvalue weighted by molar-refractivity contribution is 0.0286. The van der Waals surface area contributed by atoms with Crippen LogP contribution in [0.25, 0.3) is 0 Å². The first-order valence-electron chi connectivity index (χ1n) is 40.4. The average molecular weight is 2030 g/mol. The van der Waals surface area contributed by atoms with Crippen molar-refractivity contribution in [3.05, 3.63) is 110 Å². The number of hydrogen-bond acceptors (Lipinski definition) is 37. The van der Waals surface area contributed by atoms with Crippen LogP contribution in [0.2, 0.25) is 0 Å². The molecule has 7 aliphatic rings. The molecular weight excluding hydrogens is 1910 g/mol. The van der Waals surface area contributed by atoms with Crippen LogP contribution < -0.4 is 5.32 Å². The van der Waals surface area contributed by atoms with Crippen molar-refractivity contribution >= 4 is 212 Å². The first-order valence-corrected chi connectivity index (χ1v) is 56.1. The topological polar surface area (TPSA) is 226 Å². The van der Waals surface area contributed by atoms with Crippen molar-refractivity contribution in [1.82, 2.24) is 20.3 Å². The van der Waals surface area contributed by atoms with Gasteiger partial charge < -0.3 is 106 Å². The Kier molecular flexibility index (Phi) is 48.2. The Morgan fingerprint density at radius 2 is 0.361 bits per heavy atom. The summed E-state index contributed by atoms with van der Waals surface area (Å²) in [6, 6.07) is 0. The predicted octanol–water partition coefficient (Wildman–Crippen LogP) is 20.8. The van der Waals surface area contributed by atoms with Gasteiger partial charge in [0.2, 0.25) is 0 Å². The van der Waals surface area contributed by atoms with Crippen molar-refractivity contribution in [2.24, 2.45) is 0 Å². The van der Waals surface area contributed by atoms with Crippen molar-refractivity contribution in [1.29, 1.82) is 0 Å². The first kappa shape index (κ1) is 105. The van der Waals surface area contributed by atoms with Gasteiger partial charge in [-0.15, -0.1) is 70.6 Å². The molecule has 22 nitrogen and oxygen atoms in total. The molecule has 40 heteroatoms. The fraction of sp³-hybridized carbons (Fsp3) is 0.659. The van der Waals surface area contributed by atoms with Gasteiger partial charge in [-0.25, -0.2) is 0 Å². The fourth-order valence-electron chi connectivity index (χ4n) is 12.1. The molecule has 0 atom stereocenters. The van der Waals surface area contributed by atoms with Gasteiger partial charge >= 0.3 is 0 Å². The first-order chi connectivity index (χ1) is 59.2. The number of hydrogen-bond donors (Lipinski definition) is 4. The van der Waals surface area contributed by atoms with E-state index in [2.05, 4.69) is 75.7 Å². The summed E-state index contributed by atoms with van der Waals surface area (Å²) in [5.41, 5.74) is 6.05. The smallest absolute Gasteiger partial charge is 0.0717 e. The van der Waals surface area contributed by atoms with Gasteiger partial charge in [0.25, 0.3) is 0 Å². The number of H-pyrrole nitrogens is 3. The minimum absolute atomic E-state index is 0.525. The molecule has 0 amide bonds. The van der Waals surface area contributed by atoms with Crippen molar-refractivity contribution in [3.8, 4) is 0 Å². The maximum atomic E-state index is 6.15. The van der Waals surface area contributed by atoms with Crippen molar-refractivity contribution in [2.45, 2.75) is 106 Å². The quantitative estimate of drug-likeness (QED) is 0.0385. The van der Waals surface area contributed by atoms with Gasteiger partial charge in [-0.3, -0.25) is 0 Å². The van der Waals surface area contributed by atoms with Crippen LogP contribution in [0, 0.1) is 0 Å². The van der Waals surface area contributed by atoms with Crippen LogP contribution >= 0.6 is 212 Å². The number of nitrogens with one attached hydrogen (secondary N) is 4. The van der Waals surface area contributed by atoms with Crippen LogP contribution in [-0.2, 0) is 107 Å². The Morgan fingerprint density at radius 1 is 0.213 bits per heavy atom. The molecule has 0 unspecified atom stereocenters. The Labute approximate surface area is 800 Å². The van der Waals surface area contributed by atoms with E-state index in [1.807, 2.05) is 212 Å². The Morgan fingerprint density at radius 3 is 0.533 bits per heavy atom. The SMILES string of the molecule is C=C1NC(=C)C(C)(C)c2[nH]c(c3c2SC(=C2SC(SCCOCCOCCOC)=C(SCCOCCOCCOC)S2)S3)C(C)(C)c2[nH]c(c3c2SC(=C2SC(SCCOCCOCCOC)=C(SCCOCCOCCOC)S2)S3)C(C)(C)c2[nH]c(c3c2SC(=C2SC(SCCOCCOCCOC)=C(SCCOCCOCCOC)S2)S3)C1(C)C. The lowest BCUT2D eigenvalue weighted by atomic mass is 9.82.